The number of benzene rings is 2. The molecule has 0 radical (unpaired) electrons. The van der Waals surface area contributed by atoms with Crippen LogP contribution in [0.1, 0.15) is 16.9 Å². The Morgan fingerprint density at radius 3 is 2.50 bits per heavy atom. The first-order valence-electron chi connectivity index (χ1n) is 8.94. The van der Waals surface area contributed by atoms with E-state index in [1.807, 2.05) is 24.3 Å². The molecule has 1 aliphatic heterocycles. The van der Waals surface area contributed by atoms with Crippen molar-refractivity contribution in [1.82, 2.24) is 4.90 Å². The van der Waals surface area contributed by atoms with Crippen molar-refractivity contribution >= 4 is 51.1 Å². The summed E-state index contributed by atoms with van der Waals surface area (Å²) in [6.45, 7) is 0.242. The van der Waals surface area contributed by atoms with Gasteiger partial charge in [-0.1, -0.05) is 40.2 Å². The molecule has 5 nitrogen and oxygen atoms in total. The molecule has 0 unspecified atom stereocenters. The molecular weight excluding hydrogens is 469 g/mol. The molecule has 1 aliphatic rings. The molecule has 150 valence electrons. The van der Waals surface area contributed by atoms with Gasteiger partial charge in [-0.2, -0.15) is 5.10 Å². The summed E-state index contributed by atoms with van der Waals surface area (Å²) in [7, 11) is 0. The Morgan fingerprint density at radius 2 is 1.80 bits per heavy atom. The first-order chi connectivity index (χ1) is 14.6. The van der Waals surface area contributed by atoms with Gasteiger partial charge < -0.3 is 4.42 Å². The van der Waals surface area contributed by atoms with Gasteiger partial charge >= 0.3 is 0 Å². The van der Waals surface area contributed by atoms with Crippen LogP contribution in [-0.4, -0.2) is 22.2 Å². The zero-order chi connectivity index (χ0) is 20.9. The van der Waals surface area contributed by atoms with Crippen LogP contribution in [0.15, 0.2) is 90.9 Å². The van der Waals surface area contributed by atoms with Crippen molar-refractivity contribution in [2.45, 2.75) is 6.54 Å². The number of nitrogens with zero attached hydrogens (tertiary/aromatic N) is 3. The van der Waals surface area contributed by atoms with Crippen LogP contribution in [0, 0.1) is 5.82 Å². The summed E-state index contributed by atoms with van der Waals surface area (Å²) in [5.41, 5.74) is 1.61. The largest absolute Gasteiger partial charge is 0.467 e. The Bertz CT molecular complexity index is 1120. The molecule has 3 aromatic rings. The Kier molecular flexibility index (Phi) is 6.25. The fourth-order valence-electron chi connectivity index (χ4n) is 2.68. The molecular formula is C22H15BrFN3O2S. The van der Waals surface area contributed by atoms with Crippen molar-refractivity contribution in [1.29, 1.82) is 0 Å². The van der Waals surface area contributed by atoms with Gasteiger partial charge in [-0.3, -0.25) is 9.69 Å². The van der Waals surface area contributed by atoms with Gasteiger partial charge in [-0.25, -0.2) is 4.39 Å². The van der Waals surface area contributed by atoms with Gasteiger partial charge in [-0.15, -0.1) is 5.10 Å². The molecule has 1 amide bonds. The number of furan rings is 1. The van der Waals surface area contributed by atoms with E-state index in [2.05, 4.69) is 26.1 Å². The van der Waals surface area contributed by atoms with Crippen LogP contribution in [0.5, 0.6) is 0 Å². The van der Waals surface area contributed by atoms with E-state index >= 15 is 0 Å². The molecule has 0 atom stereocenters. The van der Waals surface area contributed by atoms with E-state index in [0.717, 1.165) is 15.6 Å². The van der Waals surface area contributed by atoms with Crippen molar-refractivity contribution in [2.24, 2.45) is 10.2 Å². The molecule has 2 aromatic carbocycles. The van der Waals surface area contributed by atoms with Gasteiger partial charge in [0.15, 0.2) is 5.17 Å². The average molecular weight is 484 g/mol. The van der Waals surface area contributed by atoms with E-state index in [0.29, 0.717) is 15.8 Å². The van der Waals surface area contributed by atoms with Crippen molar-refractivity contribution in [3.8, 4) is 0 Å². The third-order valence-electron chi connectivity index (χ3n) is 4.17. The van der Waals surface area contributed by atoms with Gasteiger partial charge in [0.1, 0.15) is 11.6 Å². The van der Waals surface area contributed by atoms with Gasteiger partial charge in [0.2, 0.25) is 0 Å². The summed E-state index contributed by atoms with van der Waals surface area (Å²) in [6, 6.07) is 17.1. The number of rotatable bonds is 5. The Morgan fingerprint density at radius 1 is 1.07 bits per heavy atom. The Labute approximate surface area is 185 Å². The lowest BCUT2D eigenvalue weighted by Crippen LogP contribution is -2.28. The minimum Gasteiger partial charge on any atom is -0.467 e. The van der Waals surface area contributed by atoms with Crippen molar-refractivity contribution in [3.63, 3.8) is 0 Å². The van der Waals surface area contributed by atoms with E-state index in [1.54, 1.807) is 42.8 Å². The number of amides is 1. The molecule has 1 saturated heterocycles. The van der Waals surface area contributed by atoms with Crippen LogP contribution in [-0.2, 0) is 11.3 Å². The van der Waals surface area contributed by atoms with Crippen LogP contribution < -0.4 is 0 Å². The molecule has 4 rings (SSSR count). The third kappa shape index (κ3) is 4.95. The fraction of sp³-hybridized carbons (Fsp3) is 0.0455. The summed E-state index contributed by atoms with van der Waals surface area (Å²) in [5.74, 6) is 0.0985. The molecule has 0 saturated carbocycles. The van der Waals surface area contributed by atoms with Crippen molar-refractivity contribution in [2.75, 3.05) is 0 Å². The van der Waals surface area contributed by atoms with Gasteiger partial charge in [0.05, 0.1) is 23.9 Å². The highest BCUT2D eigenvalue weighted by molar-refractivity contribution is 9.10. The summed E-state index contributed by atoms with van der Waals surface area (Å²) in [6.07, 6.45) is 4.89. The Balaban J connectivity index is 1.60. The molecule has 0 bridgehead atoms. The van der Waals surface area contributed by atoms with Crippen LogP contribution in [0.25, 0.3) is 6.08 Å². The van der Waals surface area contributed by atoms with Crippen LogP contribution in [0.3, 0.4) is 0 Å². The zero-order valence-electron chi connectivity index (χ0n) is 15.5. The molecule has 0 N–H and O–H groups in total. The molecule has 1 fully saturated rings. The van der Waals surface area contributed by atoms with Crippen LogP contribution in [0.4, 0.5) is 4.39 Å². The monoisotopic (exact) mass is 483 g/mol. The molecule has 2 heterocycles. The number of halogens is 2. The van der Waals surface area contributed by atoms with Crippen LogP contribution >= 0.6 is 27.7 Å². The highest BCUT2D eigenvalue weighted by Gasteiger charge is 2.34. The van der Waals surface area contributed by atoms with Crippen LogP contribution in [0.2, 0.25) is 0 Å². The third-order valence-corrected chi connectivity index (χ3v) is 5.70. The molecule has 8 heteroatoms. The topological polar surface area (TPSA) is 58.2 Å². The van der Waals surface area contributed by atoms with Crippen molar-refractivity contribution < 1.29 is 13.6 Å². The lowest BCUT2D eigenvalue weighted by Gasteiger charge is -2.12. The zero-order valence-corrected chi connectivity index (χ0v) is 17.9. The lowest BCUT2D eigenvalue weighted by molar-refractivity contribution is -0.122. The highest BCUT2D eigenvalue weighted by Crippen LogP contribution is 2.33. The number of carbonyl (C=O) groups is 1. The maximum atomic E-state index is 13.2. The normalized spacial score (nSPS) is 17.0. The first-order valence-corrected chi connectivity index (χ1v) is 10.6. The average Bonchev–Trinajstić information content (AvgIpc) is 3.35. The SMILES string of the molecule is O=C1/C(=C/c2ccc(F)cc2)S/C(=N\N=C\c2ccc(Br)cc2)N1Cc1ccco1. The number of hydrogen-bond acceptors (Lipinski definition) is 5. The molecule has 30 heavy (non-hydrogen) atoms. The predicted molar refractivity (Wildman–Crippen MR) is 120 cm³/mol. The molecule has 1 aromatic heterocycles. The van der Waals surface area contributed by atoms with Gasteiger partial charge in [0.25, 0.3) is 5.91 Å². The molecule has 0 aliphatic carbocycles. The smallest absolute Gasteiger partial charge is 0.267 e. The second-order valence-corrected chi connectivity index (χ2v) is 8.24. The van der Waals surface area contributed by atoms with E-state index in [1.165, 1.54) is 28.8 Å². The van der Waals surface area contributed by atoms with E-state index in [9.17, 15) is 9.18 Å². The maximum Gasteiger partial charge on any atom is 0.267 e. The quantitative estimate of drug-likeness (QED) is 0.266. The Hall–Kier alpha value is -2.97. The summed E-state index contributed by atoms with van der Waals surface area (Å²) in [4.78, 5) is 15.0. The number of amidine groups is 1. The van der Waals surface area contributed by atoms with Crippen molar-refractivity contribution in [3.05, 3.63) is 99.0 Å². The minimum absolute atomic E-state index is 0.210. The maximum absolute atomic E-state index is 13.2. The van der Waals surface area contributed by atoms with E-state index in [-0.39, 0.29) is 18.3 Å². The highest BCUT2D eigenvalue weighted by atomic mass is 79.9. The fourth-order valence-corrected chi connectivity index (χ4v) is 3.88. The minimum atomic E-state index is -0.327. The number of hydrogen-bond donors (Lipinski definition) is 0. The number of thioether (sulfide) groups is 1. The summed E-state index contributed by atoms with van der Waals surface area (Å²) in [5, 5.41) is 8.85. The second kappa shape index (κ2) is 9.23. The standard InChI is InChI=1S/C22H15BrFN3O2S/c23-17-7-3-16(4-8-17)13-25-26-22-27(14-19-2-1-11-29-19)21(28)20(30-22)12-15-5-9-18(24)10-6-15/h1-13H,14H2/b20-12-,25-13+,26-22-. The lowest BCUT2D eigenvalue weighted by atomic mass is 10.2. The van der Waals surface area contributed by atoms with Gasteiger partial charge in [-0.05, 0) is 65.4 Å². The summed E-state index contributed by atoms with van der Waals surface area (Å²) < 4.78 is 19.5. The first kappa shape index (κ1) is 20.3. The van der Waals surface area contributed by atoms with E-state index < -0.39 is 0 Å². The van der Waals surface area contributed by atoms with Gasteiger partial charge in [0, 0.05) is 4.47 Å². The predicted octanol–water partition coefficient (Wildman–Crippen LogP) is 5.69. The molecule has 0 spiro atoms. The summed E-state index contributed by atoms with van der Waals surface area (Å²) >= 11 is 4.61. The second-order valence-electron chi connectivity index (χ2n) is 6.31. The number of carbonyl (C=O) groups excluding carboxylic acids is 1. The van der Waals surface area contributed by atoms with E-state index in [4.69, 9.17) is 4.42 Å².